The number of fused-ring (bicyclic) bond motifs is 1. The Bertz CT molecular complexity index is 1220. The number of carbonyl (C=O) groups is 3. The van der Waals surface area contributed by atoms with E-state index in [2.05, 4.69) is 5.32 Å². The number of methoxy groups -OCH3 is 3. The molecule has 0 unspecified atom stereocenters. The van der Waals surface area contributed by atoms with Crippen molar-refractivity contribution >= 4 is 17.8 Å². The van der Waals surface area contributed by atoms with E-state index in [0.29, 0.717) is 48.5 Å². The minimum absolute atomic E-state index is 0.0310. The second kappa shape index (κ2) is 14.4. The zero-order valence-electron chi connectivity index (χ0n) is 26.9. The van der Waals surface area contributed by atoms with Crippen LogP contribution in [-0.4, -0.2) is 69.3 Å². The van der Waals surface area contributed by atoms with Gasteiger partial charge >= 0.3 is 5.97 Å². The third-order valence-electron chi connectivity index (χ3n) is 10.5. The van der Waals surface area contributed by atoms with E-state index in [1.165, 1.54) is 26.4 Å². The summed E-state index contributed by atoms with van der Waals surface area (Å²) in [5, 5.41) is 3.10. The van der Waals surface area contributed by atoms with Gasteiger partial charge in [-0.2, -0.15) is 0 Å². The van der Waals surface area contributed by atoms with Gasteiger partial charge in [0, 0.05) is 31.1 Å². The highest BCUT2D eigenvalue weighted by atomic mass is 16.5. The molecule has 4 atom stereocenters. The van der Waals surface area contributed by atoms with Gasteiger partial charge in [-0.3, -0.25) is 14.4 Å². The van der Waals surface area contributed by atoms with Crippen LogP contribution in [0.15, 0.2) is 30.0 Å². The average Bonchev–Trinajstić information content (AvgIpc) is 3.59. The summed E-state index contributed by atoms with van der Waals surface area (Å²) >= 11 is 0. The molecule has 4 aliphatic rings. The summed E-state index contributed by atoms with van der Waals surface area (Å²) in [5.41, 5.74) is 0.466. The van der Waals surface area contributed by atoms with E-state index in [1.807, 2.05) is 31.2 Å². The van der Waals surface area contributed by atoms with Gasteiger partial charge in [0.2, 0.25) is 11.8 Å². The number of benzene rings is 1. The topological polar surface area (TPSA) is 103 Å². The third kappa shape index (κ3) is 6.63. The second-order valence-electron chi connectivity index (χ2n) is 13.1. The molecule has 5 rings (SSSR count). The molecule has 1 aromatic rings. The van der Waals surface area contributed by atoms with Crippen LogP contribution in [0.4, 0.5) is 0 Å². The molecule has 9 nitrogen and oxygen atoms in total. The van der Waals surface area contributed by atoms with Crippen molar-refractivity contribution in [3.63, 3.8) is 0 Å². The number of nitrogens with zero attached hydrogens (tertiary/aromatic N) is 1. The summed E-state index contributed by atoms with van der Waals surface area (Å²) in [6.45, 7) is 2.91. The molecule has 0 aromatic heterocycles. The first kappa shape index (κ1) is 32.3. The fourth-order valence-electron chi connectivity index (χ4n) is 8.00. The first-order chi connectivity index (χ1) is 21.3. The minimum Gasteiger partial charge on any atom is -0.493 e. The standard InChI is InChI=1S/C35H50N2O7/c1-23-35(34(40)43-4)21-27(19-32(38)36-22-25-10-6-5-7-11-25)33(39)37(31(35)20-29(44-23)26-12-8-9-13-26)17-16-24-14-15-28(41-2)30(18-24)42-3/h14-15,18,20,23,25-27,29H,5-13,16-17,19,21-22H2,1-4H3,(H,36,38)/t23-,27+,29-,35+/m1/s1. The number of carbonyl (C=O) groups excluding carboxylic acids is 3. The highest BCUT2D eigenvalue weighted by Crippen LogP contribution is 2.51. The van der Waals surface area contributed by atoms with E-state index in [-0.39, 0.29) is 30.8 Å². The van der Waals surface area contributed by atoms with Gasteiger partial charge in [-0.1, -0.05) is 38.2 Å². The summed E-state index contributed by atoms with van der Waals surface area (Å²) in [5.74, 6) is 0.739. The molecule has 2 saturated carbocycles. The van der Waals surface area contributed by atoms with Gasteiger partial charge in [0.15, 0.2) is 11.5 Å². The minimum atomic E-state index is -1.18. The number of hydrogen-bond acceptors (Lipinski definition) is 7. The van der Waals surface area contributed by atoms with Crippen LogP contribution < -0.4 is 14.8 Å². The summed E-state index contributed by atoms with van der Waals surface area (Å²) in [7, 11) is 4.59. The third-order valence-corrected chi connectivity index (χ3v) is 10.5. The van der Waals surface area contributed by atoms with Gasteiger partial charge in [0.1, 0.15) is 5.41 Å². The fourth-order valence-corrected chi connectivity index (χ4v) is 8.00. The summed E-state index contributed by atoms with van der Waals surface area (Å²) in [4.78, 5) is 43.1. The van der Waals surface area contributed by atoms with Crippen molar-refractivity contribution in [3.8, 4) is 11.5 Å². The molecule has 44 heavy (non-hydrogen) atoms. The molecular weight excluding hydrogens is 560 g/mol. The van der Waals surface area contributed by atoms with Crippen LogP contribution in [0.25, 0.3) is 0 Å². The molecule has 0 spiro atoms. The van der Waals surface area contributed by atoms with Crippen LogP contribution in [0, 0.1) is 23.2 Å². The van der Waals surface area contributed by atoms with Crippen molar-refractivity contribution in [3.05, 3.63) is 35.5 Å². The normalized spacial score (nSPS) is 27.8. The number of nitrogens with one attached hydrogen (secondary N) is 1. The number of hydrogen-bond donors (Lipinski definition) is 1. The lowest BCUT2D eigenvalue weighted by atomic mass is 9.66. The van der Waals surface area contributed by atoms with Crippen LogP contribution in [0.1, 0.15) is 83.1 Å². The van der Waals surface area contributed by atoms with Crippen LogP contribution in [0.5, 0.6) is 11.5 Å². The number of rotatable bonds is 11. The molecule has 0 bridgehead atoms. The van der Waals surface area contributed by atoms with Crippen molar-refractivity contribution < 1.29 is 33.3 Å². The highest BCUT2D eigenvalue weighted by Gasteiger charge is 2.60. The molecule has 1 saturated heterocycles. The molecule has 2 aliphatic heterocycles. The molecule has 2 amide bonds. The van der Waals surface area contributed by atoms with Gasteiger partial charge < -0.3 is 29.2 Å². The number of ether oxygens (including phenoxy) is 4. The Hall–Kier alpha value is -3.07. The maximum Gasteiger partial charge on any atom is 0.320 e. The van der Waals surface area contributed by atoms with Crippen molar-refractivity contribution in [1.82, 2.24) is 10.2 Å². The lowest BCUT2D eigenvalue weighted by molar-refractivity contribution is -0.177. The van der Waals surface area contributed by atoms with Crippen LogP contribution in [0.3, 0.4) is 0 Å². The number of esters is 1. The van der Waals surface area contributed by atoms with E-state index in [0.717, 1.165) is 44.1 Å². The molecular formula is C35H50N2O7. The van der Waals surface area contributed by atoms with E-state index < -0.39 is 23.4 Å². The molecule has 242 valence electrons. The van der Waals surface area contributed by atoms with Gasteiger partial charge in [-0.25, -0.2) is 0 Å². The van der Waals surface area contributed by atoms with E-state index in [4.69, 9.17) is 18.9 Å². The smallest absolute Gasteiger partial charge is 0.320 e. The zero-order valence-corrected chi connectivity index (χ0v) is 26.9. The SMILES string of the molecule is COC(=O)[C@]12C[C@H](CC(=O)NCC3CCCCC3)C(=O)N(CCc3ccc(OC)c(OC)c3)C1=C[C@H](C1CCCC1)O[C@@H]2C. The average molecular weight is 611 g/mol. The zero-order chi connectivity index (χ0) is 31.3. The lowest BCUT2D eigenvalue weighted by Gasteiger charge is -2.52. The Balaban J connectivity index is 1.44. The first-order valence-electron chi connectivity index (χ1n) is 16.6. The molecule has 1 aromatic carbocycles. The van der Waals surface area contributed by atoms with E-state index >= 15 is 0 Å². The van der Waals surface area contributed by atoms with Crippen LogP contribution in [-0.2, 0) is 30.3 Å². The highest BCUT2D eigenvalue weighted by molar-refractivity contribution is 5.92. The van der Waals surface area contributed by atoms with Crippen molar-refractivity contribution in [2.24, 2.45) is 23.2 Å². The Kier molecular flexibility index (Phi) is 10.5. The molecule has 9 heteroatoms. The molecule has 0 radical (unpaired) electrons. The quantitative estimate of drug-likeness (QED) is 0.344. The number of amides is 2. The predicted molar refractivity (Wildman–Crippen MR) is 166 cm³/mol. The summed E-state index contributed by atoms with van der Waals surface area (Å²) < 4.78 is 23.0. The maximum absolute atomic E-state index is 14.3. The number of likely N-dealkylation sites (tertiary alicyclic amines) is 1. The van der Waals surface area contributed by atoms with Gasteiger partial charge in [0.05, 0.1) is 33.5 Å². The first-order valence-corrected chi connectivity index (χ1v) is 16.6. The van der Waals surface area contributed by atoms with Crippen LogP contribution in [0.2, 0.25) is 0 Å². The Morgan fingerprint density at radius 2 is 1.70 bits per heavy atom. The summed E-state index contributed by atoms with van der Waals surface area (Å²) in [6, 6.07) is 5.73. The van der Waals surface area contributed by atoms with Crippen molar-refractivity contribution in [2.75, 3.05) is 34.4 Å². The Morgan fingerprint density at radius 1 is 1.00 bits per heavy atom. The number of piperidine rings is 1. The van der Waals surface area contributed by atoms with Crippen LogP contribution >= 0.6 is 0 Å². The van der Waals surface area contributed by atoms with Crippen molar-refractivity contribution in [1.29, 1.82) is 0 Å². The molecule has 3 fully saturated rings. The van der Waals surface area contributed by atoms with Gasteiger partial charge in [0.25, 0.3) is 0 Å². The molecule has 1 N–H and O–H groups in total. The van der Waals surface area contributed by atoms with Gasteiger partial charge in [-0.15, -0.1) is 0 Å². The van der Waals surface area contributed by atoms with Crippen molar-refractivity contribution in [2.45, 2.75) is 96.2 Å². The monoisotopic (exact) mass is 610 g/mol. The largest absolute Gasteiger partial charge is 0.493 e. The van der Waals surface area contributed by atoms with E-state index in [1.54, 1.807) is 19.1 Å². The second-order valence-corrected chi connectivity index (χ2v) is 13.1. The lowest BCUT2D eigenvalue weighted by Crippen LogP contribution is -2.61. The fraction of sp³-hybridized carbons (Fsp3) is 0.686. The van der Waals surface area contributed by atoms with E-state index in [9.17, 15) is 14.4 Å². The summed E-state index contributed by atoms with van der Waals surface area (Å²) in [6.07, 6.45) is 12.5. The molecule has 2 heterocycles. The van der Waals surface area contributed by atoms with Gasteiger partial charge in [-0.05, 0) is 81.1 Å². The predicted octanol–water partition coefficient (Wildman–Crippen LogP) is 5.20. The maximum atomic E-state index is 14.3. The molecule has 2 aliphatic carbocycles. The Morgan fingerprint density at radius 3 is 2.39 bits per heavy atom. The Labute approximate surface area is 262 Å².